The molecule has 1 saturated carbocycles. The Hall–Kier alpha value is -3.56. The van der Waals surface area contributed by atoms with Gasteiger partial charge in [-0.3, -0.25) is 14.4 Å². The number of alkyl halides is 3. The molecule has 2 aromatic rings. The lowest BCUT2D eigenvalue weighted by molar-refractivity contribution is -0.274. The standard InChI is InChI=1S/C25H25F3N2O5/c26-25(27,28)35-16-10-8-15(9-11-16)24(34)30-20-6-2-1-4-17(20)19(18-5-3-7-21(18)30)14-29-22(31)12-13-23(32)33/h1-2,4,6,8-11,18-19,21H,3,5,7,12-14H2,(H,29,31)(H,32,33)/t18-,19+,21-/m1/s1. The lowest BCUT2D eigenvalue weighted by Crippen LogP contribution is -2.49. The molecule has 0 bridgehead atoms. The van der Waals surface area contributed by atoms with Gasteiger partial charge in [0.05, 0.1) is 6.42 Å². The minimum absolute atomic E-state index is 0.0425. The van der Waals surface area contributed by atoms with Crippen molar-refractivity contribution in [3.63, 3.8) is 0 Å². The van der Waals surface area contributed by atoms with Crippen molar-refractivity contribution in [3.05, 3.63) is 59.7 Å². The molecule has 2 aliphatic rings. The summed E-state index contributed by atoms with van der Waals surface area (Å²) >= 11 is 0. The number of rotatable bonds is 7. The van der Waals surface area contributed by atoms with Gasteiger partial charge in [0.1, 0.15) is 5.75 Å². The average Bonchev–Trinajstić information content (AvgIpc) is 3.28. The first-order chi connectivity index (χ1) is 16.6. The summed E-state index contributed by atoms with van der Waals surface area (Å²) in [6, 6.07) is 12.2. The molecule has 1 fully saturated rings. The highest BCUT2D eigenvalue weighted by Crippen LogP contribution is 2.49. The number of benzene rings is 2. The Labute approximate surface area is 199 Å². The number of carboxylic acid groups (broad SMARTS) is 1. The van der Waals surface area contributed by atoms with Crippen molar-refractivity contribution in [1.82, 2.24) is 5.32 Å². The first-order valence-corrected chi connectivity index (χ1v) is 11.4. The van der Waals surface area contributed by atoms with E-state index >= 15 is 0 Å². The monoisotopic (exact) mass is 490 g/mol. The van der Waals surface area contributed by atoms with Crippen LogP contribution in [0, 0.1) is 5.92 Å². The predicted molar refractivity (Wildman–Crippen MR) is 120 cm³/mol. The topological polar surface area (TPSA) is 95.9 Å². The smallest absolute Gasteiger partial charge is 0.481 e. The summed E-state index contributed by atoms with van der Waals surface area (Å²) in [7, 11) is 0. The Balaban J connectivity index is 1.58. The number of anilines is 1. The maximum atomic E-state index is 13.6. The van der Waals surface area contributed by atoms with Crippen LogP contribution in [0.2, 0.25) is 0 Å². The number of nitrogens with zero attached hydrogens (tertiary/aromatic N) is 1. The molecule has 2 aromatic carbocycles. The highest BCUT2D eigenvalue weighted by atomic mass is 19.4. The second-order valence-corrected chi connectivity index (χ2v) is 8.77. The van der Waals surface area contributed by atoms with Gasteiger partial charge in [0.15, 0.2) is 0 Å². The van der Waals surface area contributed by atoms with Crippen LogP contribution in [0.15, 0.2) is 48.5 Å². The Morgan fingerprint density at radius 1 is 1.03 bits per heavy atom. The molecule has 0 saturated heterocycles. The molecule has 1 aliphatic heterocycles. The van der Waals surface area contributed by atoms with Gasteiger partial charge in [0.2, 0.25) is 5.91 Å². The van der Waals surface area contributed by atoms with Crippen LogP contribution in [0.1, 0.15) is 53.9 Å². The molecule has 1 aliphatic carbocycles. The molecule has 1 heterocycles. The Morgan fingerprint density at radius 2 is 1.74 bits per heavy atom. The van der Waals surface area contributed by atoms with E-state index in [2.05, 4.69) is 10.1 Å². The third-order valence-electron chi connectivity index (χ3n) is 6.61. The number of aliphatic carboxylic acids is 1. The van der Waals surface area contributed by atoms with Gasteiger partial charge in [0, 0.05) is 36.2 Å². The number of hydrogen-bond donors (Lipinski definition) is 2. The molecular formula is C25H25F3N2O5. The second-order valence-electron chi connectivity index (χ2n) is 8.77. The maximum Gasteiger partial charge on any atom is 0.573 e. The fraction of sp³-hybridized carbons (Fsp3) is 0.400. The predicted octanol–water partition coefficient (Wildman–Crippen LogP) is 4.48. The minimum Gasteiger partial charge on any atom is -0.481 e. The number of para-hydroxylation sites is 1. The molecule has 0 spiro atoms. The number of ether oxygens (including phenoxy) is 1. The van der Waals surface area contributed by atoms with Gasteiger partial charge in [-0.05, 0) is 54.7 Å². The van der Waals surface area contributed by atoms with Gasteiger partial charge in [-0.2, -0.15) is 0 Å². The van der Waals surface area contributed by atoms with Crippen LogP contribution < -0.4 is 15.0 Å². The highest BCUT2D eigenvalue weighted by molar-refractivity contribution is 6.07. The Kier molecular flexibility index (Phi) is 7.00. The SMILES string of the molecule is O=C(O)CCC(=O)NC[C@H]1c2ccccc2N(C(=O)c2ccc(OC(F)(F)F)cc2)[C@@H]2CCC[C@@H]21. The summed E-state index contributed by atoms with van der Waals surface area (Å²) < 4.78 is 41.4. The molecular weight excluding hydrogens is 465 g/mol. The summed E-state index contributed by atoms with van der Waals surface area (Å²) in [6.45, 7) is 0.335. The fourth-order valence-corrected chi connectivity index (χ4v) is 5.18. The summed E-state index contributed by atoms with van der Waals surface area (Å²) in [4.78, 5) is 38.2. The van der Waals surface area contributed by atoms with E-state index in [0.717, 1.165) is 37.0 Å². The maximum absolute atomic E-state index is 13.6. The van der Waals surface area contributed by atoms with Crippen LogP contribution in [-0.2, 0) is 9.59 Å². The van der Waals surface area contributed by atoms with Crippen molar-refractivity contribution in [2.45, 2.75) is 50.4 Å². The molecule has 0 radical (unpaired) electrons. The van der Waals surface area contributed by atoms with E-state index in [1.54, 1.807) is 4.90 Å². The van der Waals surface area contributed by atoms with Gasteiger partial charge >= 0.3 is 12.3 Å². The van der Waals surface area contributed by atoms with Gasteiger partial charge in [0.25, 0.3) is 5.91 Å². The lowest BCUT2D eigenvalue weighted by Gasteiger charge is -2.44. The van der Waals surface area contributed by atoms with Crippen LogP contribution in [0.5, 0.6) is 5.75 Å². The van der Waals surface area contributed by atoms with E-state index in [9.17, 15) is 27.6 Å². The number of carboxylic acids is 1. The molecule has 35 heavy (non-hydrogen) atoms. The first-order valence-electron chi connectivity index (χ1n) is 11.4. The van der Waals surface area contributed by atoms with Crippen molar-refractivity contribution in [3.8, 4) is 5.75 Å². The van der Waals surface area contributed by atoms with Gasteiger partial charge in [-0.15, -0.1) is 13.2 Å². The fourth-order valence-electron chi connectivity index (χ4n) is 5.18. The van der Waals surface area contributed by atoms with E-state index in [-0.39, 0.29) is 48.1 Å². The van der Waals surface area contributed by atoms with E-state index < -0.39 is 18.1 Å². The molecule has 2 amide bonds. The Bertz CT molecular complexity index is 1100. The van der Waals surface area contributed by atoms with E-state index in [1.807, 2.05) is 24.3 Å². The third-order valence-corrected chi connectivity index (χ3v) is 6.61. The first kappa shape index (κ1) is 24.6. The van der Waals surface area contributed by atoms with Crippen molar-refractivity contribution < 1.29 is 37.4 Å². The quantitative estimate of drug-likeness (QED) is 0.597. The third kappa shape index (κ3) is 5.58. The van der Waals surface area contributed by atoms with Crippen LogP contribution in [0.3, 0.4) is 0 Å². The van der Waals surface area contributed by atoms with E-state index in [0.29, 0.717) is 12.2 Å². The largest absolute Gasteiger partial charge is 0.573 e. The van der Waals surface area contributed by atoms with Crippen molar-refractivity contribution in [1.29, 1.82) is 0 Å². The number of nitrogens with one attached hydrogen (secondary N) is 1. The zero-order valence-electron chi connectivity index (χ0n) is 18.8. The van der Waals surface area contributed by atoms with Crippen LogP contribution in [0.4, 0.5) is 18.9 Å². The molecule has 7 nitrogen and oxygen atoms in total. The lowest BCUT2D eigenvalue weighted by atomic mass is 9.77. The average molecular weight is 490 g/mol. The second kappa shape index (κ2) is 9.97. The van der Waals surface area contributed by atoms with Crippen molar-refractivity contribution >= 4 is 23.5 Å². The summed E-state index contributed by atoms with van der Waals surface area (Å²) in [5.41, 5.74) is 1.86. The van der Waals surface area contributed by atoms with Crippen molar-refractivity contribution in [2.24, 2.45) is 5.92 Å². The number of hydrogen-bond acceptors (Lipinski definition) is 4. The number of carbonyl (C=O) groups excluding carboxylic acids is 2. The number of amides is 2. The molecule has 0 unspecified atom stereocenters. The molecule has 2 N–H and O–H groups in total. The van der Waals surface area contributed by atoms with E-state index in [4.69, 9.17) is 5.11 Å². The summed E-state index contributed by atoms with van der Waals surface area (Å²) in [5.74, 6) is -2.03. The normalized spacial score (nSPS) is 21.1. The zero-order valence-corrected chi connectivity index (χ0v) is 18.8. The molecule has 3 atom stereocenters. The molecule has 0 aromatic heterocycles. The van der Waals surface area contributed by atoms with Gasteiger partial charge in [-0.1, -0.05) is 24.6 Å². The minimum atomic E-state index is -4.81. The Morgan fingerprint density at radius 3 is 2.43 bits per heavy atom. The molecule has 10 heteroatoms. The summed E-state index contributed by atoms with van der Waals surface area (Å²) in [5, 5.41) is 11.6. The molecule has 4 rings (SSSR count). The number of carbonyl (C=O) groups is 3. The zero-order chi connectivity index (χ0) is 25.2. The number of halogens is 3. The van der Waals surface area contributed by atoms with Crippen LogP contribution in [-0.4, -0.2) is 41.8 Å². The van der Waals surface area contributed by atoms with Crippen molar-refractivity contribution in [2.75, 3.05) is 11.4 Å². The van der Waals surface area contributed by atoms with Gasteiger partial charge < -0.3 is 20.1 Å². The summed E-state index contributed by atoms with van der Waals surface area (Å²) in [6.07, 6.45) is -2.63. The van der Waals surface area contributed by atoms with Gasteiger partial charge in [-0.25, -0.2) is 0 Å². The van der Waals surface area contributed by atoms with E-state index in [1.165, 1.54) is 12.1 Å². The number of fused-ring (bicyclic) bond motifs is 2. The van der Waals surface area contributed by atoms with Crippen LogP contribution in [0.25, 0.3) is 0 Å². The highest BCUT2D eigenvalue weighted by Gasteiger charge is 2.45. The van der Waals surface area contributed by atoms with Crippen LogP contribution >= 0.6 is 0 Å². The molecule has 186 valence electrons.